The van der Waals surface area contributed by atoms with Gasteiger partial charge in [0.15, 0.2) is 0 Å². The van der Waals surface area contributed by atoms with Gasteiger partial charge in [0.25, 0.3) is 5.91 Å². The average Bonchev–Trinajstić information content (AvgIpc) is 3.10. The van der Waals surface area contributed by atoms with Crippen molar-refractivity contribution in [3.05, 3.63) is 78.1 Å². The summed E-state index contributed by atoms with van der Waals surface area (Å²) in [6, 6.07) is 14.8. The fourth-order valence-corrected chi connectivity index (χ4v) is 2.27. The molecule has 0 spiro atoms. The van der Waals surface area contributed by atoms with Crippen molar-refractivity contribution in [3.8, 4) is 5.75 Å². The van der Waals surface area contributed by atoms with E-state index >= 15 is 0 Å². The van der Waals surface area contributed by atoms with E-state index in [4.69, 9.17) is 0 Å². The first-order valence-electron chi connectivity index (χ1n) is 7.53. The van der Waals surface area contributed by atoms with Gasteiger partial charge in [-0.3, -0.25) is 9.48 Å². The van der Waals surface area contributed by atoms with Crippen LogP contribution >= 0.6 is 0 Å². The number of hydrogen-bond donors (Lipinski definition) is 1. The molecule has 1 amide bonds. The van der Waals surface area contributed by atoms with Crippen molar-refractivity contribution in [2.24, 2.45) is 0 Å². The van der Waals surface area contributed by atoms with Gasteiger partial charge in [-0.2, -0.15) is 13.9 Å². The number of carbonyl (C=O) groups excluding carboxylic acids is 1. The van der Waals surface area contributed by atoms with E-state index in [1.807, 2.05) is 24.4 Å². The maximum absolute atomic E-state index is 12.2. The van der Waals surface area contributed by atoms with Crippen LogP contribution in [0.5, 0.6) is 5.75 Å². The summed E-state index contributed by atoms with van der Waals surface area (Å²) in [5, 5.41) is 6.83. The van der Waals surface area contributed by atoms with Crippen LogP contribution in [0.2, 0.25) is 0 Å². The average molecular weight is 343 g/mol. The highest BCUT2D eigenvalue weighted by Gasteiger charge is 2.08. The Balaban J connectivity index is 1.61. The van der Waals surface area contributed by atoms with Gasteiger partial charge in [0.1, 0.15) is 5.75 Å². The van der Waals surface area contributed by atoms with Gasteiger partial charge >= 0.3 is 6.61 Å². The van der Waals surface area contributed by atoms with Crippen LogP contribution < -0.4 is 10.1 Å². The van der Waals surface area contributed by atoms with Crippen LogP contribution in [0.15, 0.2) is 67.0 Å². The molecule has 0 saturated carbocycles. The number of rotatable bonds is 6. The van der Waals surface area contributed by atoms with Crippen LogP contribution in [-0.4, -0.2) is 22.3 Å². The standard InChI is InChI=1S/C18H15F2N3O2/c19-18(20)25-16-8-6-15(7-9-16)22-17(24)14-4-2-13(3-5-14)12-23-11-1-10-21-23/h1-11,18H,12H2,(H,22,24). The SMILES string of the molecule is O=C(Nc1ccc(OC(F)F)cc1)c1ccc(Cn2cccn2)cc1. The van der Waals surface area contributed by atoms with Crippen molar-refractivity contribution >= 4 is 11.6 Å². The van der Waals surface area contributed by atoms with Crippen molar-refractivity contribution in [1.82, 2.24) is 9.78 Å². The Kier molecular flexibility index (Phi) is 5.03. The van der Waals surface area contributed by atoms with E-state index in [0.29, 0.717) is 17.8 Å². The molecule has 0 aliphatic rings. The largest absolute Gasteiger partial charge is 0.435 e. The third-order valence-corrected chi connectivity index (χ3v) is 3.46. The van der Waals surface area contributed by atoms with E-state index in [1.54, 1.807) is 23.0 Å². The molecule has 3 aromatic rings. The molecule has 0 radical (unpaired) electrons. The first-order valence-corrected chi connectivity index (χ1v) is 7.53. The molecule has 0 fully saturated rings. The molecule has 1 N–H and O–H groups in total. The van der Waals surface area contributed by atoms with E-state index < -0.39 is 6.61 Å². The Morgan fingerprint density at radius 1 is 1.12 bits per heavy atom. The lowest BCUT2D eigenvalue weighted by Crippen LogP contribution is -2.12. The number of anilines is 1. The molecule has 25 heavy (non-hydrogen) atoms. The number of carbonyl (C=O) groups is 1. The summed E-state index contributed by atoms with van der Waals surface area (Å²) in [7, 11) is 0. The van der Waals surface area contributed by atoms with Gasteiger partial charge < -0.3 is 10.1 Å². The summed E-state index contributed by atoms with van der Waals surface area (Å²) in [4.78, 5) is 12.2. The molecule has 0 atom stereocenters. The highest BCUT2D eigenvalue weighted by molar-refractivity contribution is 6.04. The minimum absolute atomic E-state index is 0.0379. The van der Waals surface area contributed by atoms with Gasteiger partial charge in [0, 0.05) is 23.6 Å². The molecule has 0 aliphatic carbocycles. The van der Waals surface area contributed by atoms with Crippen LogP contribution in [0.1, 0.15) is 15.9 Å². The van der Waals surface area contributed by atoms with E-state index in [2.05, 4.69) is 15.2 Å². The first-order chi connectivity index (χ1) is 12.1. The number of halogens is 2. The lowest BCUT2D eigenvalue weighted by Gasteiger charge is -2.08. The Bertz CT molecular complexity index is 817. The van der Waals surface area contributed by atoms with Crippen LogP contribution in [0, 0.1) is 0 Å². The van der Waals surface area contributed by atoms with Crippen LogP contribution in [0.25, 0.3) is 0 Å². The topological polar surface area (TPSA) is 56.1 Å². The smallest absolute Gasteiger partial charge is 0.387 e. The summed E-state index contributed by atoms with van der Waals surface area (Å²) < 4.78 is 30.3. The molecule has 7 heteroatoms. The maximum Gasteiger partial charge on any atom is 0.387 e. The van der Waals surface area contributed by atoms with E-state index in [0.717, 1.165) is 5.56 Å². The Morgan fingerprint density at radius 2 is 1.84 bits per heavy atom. The van der Waals surface area contributed by atoms with Gasteiger partial charge in [0.05, 0.1) is 6.54 Å². The normalized spacial score (nSPS) is 10.7. The van der Waals surface area contributed by atoms with Gasteiger partial charge in [-0.05, 0) is 48.0 Å². The molecule has 1 heterocycles. The molecule has 0 unspecified atom stereocenters. The molecule has 0 saturated heterocycles. The highest BCUT2D eigenvalue weighted by Crippen LogP contribution is 2.18. The molecule has 2 aromatic carbocycles. The molecular weight excluding hydrogens is 328 g/mol. The lowest BCUT2D eigenvalue weighted by molar-refractivity contribution is -0.0498. The molecule has 0 aliphatic heterocycles. The Labute approximate surface area is 142 Å². The zero-order valence-corrected chi connectivity index (χ0v) is 13.1. The monoisotopic (exact) mass is 343 g/mol. The molecule has 128 valence electrons. The van der Waals surface area contributed by atoms with Gasteiger partial charge in [0.2, 0.25) is 0 Å². The Morgan fingerprint density at radius 3 is 2.44 bits per heavy atom. The number of aromatic nitrogens is 2. The zero-order valence-electron chi connectivity index (χ0n) is 13.1. The van der Waals surface area contributed by atoms with Crippen LogP contribution in [0.3, 0.4) is 0 Å². The summed E-state index contributed by atoms with van der Waals surface area (Å²) in [6.07, 6.45) is 3.57. The number of alkyl halides is 2. The van der Waals surface area contributed by atoms with Crippen molar-refractivity contribution in [1.29, 1.82) is 0 Å². The zero-order chi connectivity index (χ0) is 17.6. The van der Waals surface area contributed by atoms with Gasteiger partial charge in [-0.25, -0.2) is 0 Å². The predicted octanol–water partition coefficient (Wildman–Crippen LogP) is 3.79. The van der Waals surface area contributed by atoms with Crippen LogP contribution in [-0.2, 0) is 6.54 Å². The number of ether oxygens (including phenoxy) is 1. The summed E-state index contributed by atoms with van der Waals surface area (Å²) >= 11 is 0. The second kappa shape index (κ2) is 7.57. The summed E-state index contributed by atoms with van der Waals surface area (Å²) in [5.74, 6) is -0.246. The highest BCUT2D eigenvalue weighted by atomic mass is 19.3. The number of amides is 1. The predicted molar refractivity (Wildman–Crippen MR) is 88.8 cm³/mol. The molecule has 1 aromatic heterocycles. The minimum atomic E-state index is -2.87. The first kappa shape index (κ1) is 16.6. The summed E-state index contributed by atoms with van der Waals surface area (Å²) in [6.45, 7) is -2.25. The number of nitrogens with one attached hydrogen (secondary N) is 1. The fourth-order valence-electron chi connectivity index (χ4n) is 2.27. The molecule has 3 rings (SSSR count). The maximum atomic E-state index is 12.2. The van der Waals surface area contributed by atoms with E-state index in [1.165, 1.54) is 24.3 Å². The van der Waals surface area contributed by atoms with Gasteiger partial charge in [-0.15, -0.1) is 0 Å². The second-order valence-electron chi connectivity index (χ2n) is 5.26. The third kappa shape index (κ3) is 4.63. The molecule has 0 bridgehead atoms. The molecule has 5 nitrogen and oxygen atoms in total. The number of nitrogens with zero attached hydrogens (tertiary/aromatic N) is 2. The minimum Gasteiger partial charge on any atom is -0.435 e. The van der Waals surface area contributed by atoms with Crippen molar-refractivity contribution in [3.63, 3.8) is 0 Å². The van der Waals surface area contributed by atoms with Crippen molar-refractivity contribution in [2.75, 3.05) is 5.32 Å². The number of benzene rings is 2. The Hall–Kier alpha value is -3.22. The second-order valence-corrected chi connectivity index (χ2v) is 5.26. The lowest BCUT2D eigenvalue weighted by atomic mass is 10.1. The van der Waals surface area contributed by atoms with Crippen molar-refractivity contribution < 1.29 is 18.3 Å². The fraction of sp³-hybridized carbons (Fsp3) is 0.111. The quantitative estimate of drug-likeness (QED) is 0.741. The summed E-state index contributed by atoms with van der Waals surface area (Å²) in [5.41, 5.74) is 2.01. The third-order valence-electron chi connectivity index (χ3n) is 3.46. The molecular formula is C18H15F2N3O2. The van der Waals surface area contributed by atoms with Crippen molar-refractivity contribution in [2.45, 2.75) is 13.2 Å². The van der Waals surface area contributed by atoms with E-state index in [-0.39, 0.29) is 11.7 Å². The number of hydrogen-bond acceptors (Lipinski definition) is 3. The van der Waals surface area contributed by atoms with Crippen LogP contribution in [0.4, 0.5) is 14.5 Å². The van der Waals surface area contributed by atoms with Gasteiger partial charge in [-0.1, -0.05) is 12.1 Å². The van der Waals surface area contributed by atoms with E-state index in [9.17, 15) is 13.6 Å².